The third kappa shape index (κ3) is 4.07. The van der Waals surface area contributed by atoms with Crippen molar-refractivity contribution in [2.45, 2.75) is 38.8 Å². The Morgan fingerprint density at radius 3 is 2.27 bits per heavy atom. The topological polar surface area (TPSA) is 50.1 Å². The van der Waals surface area contributed by atoms with Gasteiger partial charge in [0, 0.05) is 31.9 Å². The number of halogens is 1. The van der Waals surface area contributed by atoms with Gasteiger partial charge in [-0.15, -0.1) is 5.10 Å². The van der Waals surface area contributed by atoms with E-state index >= 15 is 0 Å². The number of benzene rings is 2. The van der Waals surface area contributed by atoms with Crippen molar-refractivity contribution in [1.82, 2.24) is 25.1 Å². The van der Waals surface area contributed by atoms with E-state index in [1.54, 1.807) is 0 Å². The maximum absolute atomic E-state index is 13.3. The zero-order valence-electron chi connectivity index (χ0n) is 17.9. The van der Waals surface area contributed by atoms with Gasteiger partial charge >= 0.3 is 0 Å². The number of hydrogen-bond donors (Lipinski definition) is 0. The maximum atomic E-state index is 13.3. The van der Waals surface area contributed by atoms with Crippen LogP contribution in [0, 0.1) is 5.82 Å². The largest absolute Gasteiger partial charge is 0.369 e. The van der Waals surface area contributed by atoms with Gasteiger partial charge in [0.15, 0.2) is 5.82 Å². The molecule has 1 atom stereocenters. The van der Waals surface area contributed by atoms with Crippen LogP contribution in [0.25, 0.3) is 0 Å². The third-order valence-corrected chi connectivity index (χ3v) is 6.16. The normalized spacial score (nSPS) is 16.6. The summed E-state index contributed by atoms with van der Waals surface area (Å²) in [7, 11) is 0. The van der Waals surface area contributed by atoms with E-state index in [1.165, 1.54) is 17.7 Å². The molecule has 7 heteroatoms. The van der Waals surface area contributed by atoms with E-state index in [1.807, 2.05) is 22.9 Å². The lowest BCUT2D eigenvalue weighted by atomic mass is 9.99. The SMILES string of the molecule is CCC(C)(C)n1nnnc1[C@@H](c1ccccc1)N1CCN(c2ccc(F)cc2)CC1. The first kappa shape index (κ1) is 20.5. The Hall–Kier alpha value is -2.80. The van der Waals surface area contributed by atoms with E-state index in [9.17, 15) is 4.39 Å². The Balaban J connectivity index is 1.61. The minimum atomic E-state index is -0.202. The van der Waals surface area contributed by atoms with E-state index < -0.39 is 0 Å². The second-order valence-electron chi connectivity index (χ2n) is 8.43. The van der Waals surface area contributed by atoms with E-state index in [4.69, 9.17) is 0 Å². The average Bonchev–Trinajstić information content (AvgIpc) is 3.26. The van der Waals surface area contributed by atoms with Crippen molar-refractivity contribution in [1.29, 1.82) is 0 Å². The summed E-state index contributed by atoms with van der Waals surface area (Å²) in [4.78, 5) is 4.75. The lowest BCUT2D eigenvalue weighted by Gasteiger charge is -2.40. The minimum Gasteiger partial charge on any atom is -0.369 e. The molecular weight excluding hydrogens is 379 g/mol. The van der Waals surface area contributed by atoms with Crippen molar-refractivity contribution >= 4 is 5.69 Å². The summed E-state index contributed by atoms with van der Waals surface area (Å²) in [5.74, 6) is 0.676. The Morgan fingerprint density at radius 1 is 0.967 bits per heavy atom. The molecule has 6 nitrogen and oxygen atoms in total. The highest BCUT2D eigenvalue weighted by atomic mass is 19.1. The van der Waals surface area contributed by atoms with E-state index in [2.05, 4.69) is 70.4 Å². The molecule has 0 spiro atoms. The predicted octanol–water partition coefficient (Wildman–Crippen LogP) is 3.87. The molecule has 0 N–H and O–H groups in total. The summed E-state index contributed by atoms with van der Waals surface area (Å²) in [6, 6.07) is 17.2. The third-order valence-electron chi connectivity index (χ3n) is 6.16. The highest BCUT2D eigenvalue weighted by Gasteiger charge is 2.34. The lowest BCUT2D eigenvalue weighted by Crippen LogP contribution is -2.48. The van der Waals surface area contributed by atoms with Crippen LogP contribution in [0.15, 0.2) is 54.6 Å². The van der Waals surface area contributed by atoms with Crippen molar-refractivity contribution in [3.8, 4) is 0 Å². The fourth-order valence-corrected chi connectivity index (χ4v) is 3.99. The van der Waals surface area contributed by atoms with Crippen molar-refractivity contribution in [2.24, 2.45) is 0 Å². The van der Waals surface area contributed by atoms with Crippen LogP contribution in [0.1, 0.15) is 44.6 Å². The van der Waals surface area contributed by atoms with Gasteiger partial charge in [0.1, 0.15) is 5.82 Å². The summed E-state index contributed by atoms with van der Waals surface area (Å²) >= 11 is 0. The van der Waals surface area contributed by atoms with Gasteiger partial charge in [-0.3, -0.25) is 4.90 Å². The summed E-state index contributed by atoms with van der Waals surface area (Å²) in [6.45, 7) is 9.97. The van der Waals surface area contributed by atoms with Gasteiger partial charge in [0.05, 0.1) is 11.6 Å². The van der Waals surface area contributed by atoms with Gasteiger partial charge in [-0.25, -0.2) is 9.07 Å². The molecule has 0 bridgehead atoms. The van der Waals surface area contributed by atoms with Crippen LogP contribution in [-0.2, 0) is 5.54 Å². The molecular formula is C23H29FN6. The Labute approximate surface area is 177 Å². The highest BCUT2D eigenvalue weighted by molar-refractivity contribution is 5.46. The van der Waals surface area contributed by atoms with Crippen LogP contribution in [0.5, 0.6) is 0 Å². The van der Waals surface area contributed by atoms with Crippen molar-refractivity contribution in [3.63, 3.8) is 0 Å². The molecule has 2 heterocycles. The molecule has 0 unspecified atom stereocenters. The van der Waals surface area contributed by atoms with Gasteiger partial charge in [-0.2, -0.15) is 0 Å². The standard InChI is InChI=1S/C23H29FN6/c1-4-23(2,3)30-22(25-26-27-30)21(18-8-6-5-7-9-18)29-16-14-28(15-17-29)20-12-10-19(24)11-13-20/h5-13,21H,4,14-17H2,1-3H3/t21-/m1/s1. The number of tetrazole rings is 1. The number of piperazine rings is 1. The number of anilines is 1. The molecule has 1 aliphatic rings. The number of rotatable bonds is 6. The van der Waals surface area contributed by atoms with Crippen LogP contribution in [-0.4, -0.2) is 51.3 Å². The average molecular weight is 409 g/mol. The van der Waals surface area contributed by atoms with Crippen LogP contribution >= 0.6 is 0 Å². The molecule has 1 aliphatic heterocycles. The van der Waals surface area contributed by atoms with E-state index in [0.717, 1.165) is 44.1 Å². The smallest absolute Gasteiger partial charge is 0.173 e. The Morgan fingerprint density at radius 2 is 1.63 bits per heavy atom. The molecule has 0 saturated carbocycles. The molecule has 1 fully saturated rings. The Kier molecular flexibility index (Phi) is 5.81. The predicted molar refractivity (Wildman–Crippen MR) is 116 cm³/mol. The molecule has 0 aliphatic carbocycles. The first-order valence-electron chi connectivity index (χ1n) is 10.6. The summed E-state index contributed by atoms with van der Waals surface area (Å²) in [5, 5.41) is 12.9. The summed E-state index contributed by atoms with van der Waals surface area (Å²) in [6.07, 6.45) is 0.935. The number of aromatic nitrogens is 4. The monoisotopic (exact) mass is 408 g/mol. The van der Waals surface area contributed by atoms with Crippen LogP contribution in [0.2, 0.25) is 0 Å². The number of nitrogens with zero attached hydrogens (tertiary/aromatic N) is 6. The second kappa shape index (κ2) is 8.52. The number of hydrogen-bond acceptors (Lipinski definition) is 5. The quantitative estimate of drug-likeness (QED) is 0.620. The molecule has 1 saturated heterocycles. The first-order valence-corrected chi connectivity index (χ1v) is 10.6. The van der Waals surface area contributed by atoms with E-state index in [-0.39, 0.29) is 17.4 Å². The first-order chi connectivity index (χ1) is 14.5. The molecule has 0 amide bonds. The summed E-state index contributed by atoms with van der Waals surface area (Å²) in [5.41, 5.74) is 2.09. The van der Waals surface area contributed by atoms with Gasteiger partial charge in [-0.1, -0.05) is 37.3 Å². The van der Waals surface area contributed by atoms with Crippen molar-refractivity contribution in [3.05, 3.63) is 71.8 Å². The van der Waals surface area contributed by atoms with Gasteiger partial charge < -0.3 is 4.90 Å². The Bertz CT molecular complexity index is 945. The second-order valence-corrected chi connectivity index (χ2v) is 8.43. The lowest BCUT2D eigenvalue weighted by molar-refractivity contribution is 0.187. The van der Waals surface area contributed by atoms with Crippen LogP contribution in [0.3, 0.4) is 0 Å². The molecule has 4 rings (SSSR count). The maximum Gasteiger partial charge on any atom is 0.173 e. The minimum absolute atomic E-state index is 0.0117. The molecule has 1 aromatic heterocycles. The van der Waals surface area contributed by atoms with Gasteiger partial charge in [0.25, 0.3) is 0 Å². The molecule has 3 aromatic rings. The van der Waals surface area contributed by atoms with Crippen molar-refractivity contribution < 1.29 is 4.39 Å². The summed E-state index contributed by atoms with van der Waals surface area (Å²) < 4.78 is 15.3. The zero-order valence-corrected chi connectivity index (χ0v) is 17.9. The fraction of sp³-hybridized carbons (Fsp3) is 0.435. The zero-order chi connectivity index (χ0) is 21.1. The van der Waals surface area contributed by atoms with E-state index in [0.29, 0.717) is 0 Å². The van der Waals surface area contributed by atoms with Gasteiger partial charge in [0.2, 0.25) is 0 Å². The highest BCUT2D eigenvalue weighted by Crippen LogP contribution is 2.32. The molecule has 30 heavy (non-hydrogen) atoms. The molecule has 158 valence electrons. The van der Waals surface area contributed by atoms with Gasteiger partial charge in [-0.05, 0) is 60.5 Å². The van der Waals surface area contributed by atoms with Crippen molar-refractivity contribution in [2.75, 3.05) is 31.1 Å². The van der Waals surface area contributed by atoms with Crippen LogP contribution in [0.4, 0.5) is 10.1 Å². The van der Waals surface area contributed by atoms with Crippen LogP contribution < -0.4 is 4.90 Å². The fourth-order valence-electron chi connectivity index (χ4n) is 3.99. The molecule has 2 aromatic carbocycles. The molecule has 0 radical (unpaired) electrons.